The fourth-order valence-electron chi connectivity index (χ4n) is 4.53. The number of halogens is 1. The van der Waals surface area contributed by atoms with Crippen molar-refractivity contribution < 1.29 is 13.2 Å². The normalized spacial score (nSPS) is 37.2. The highest BCUT2D eigenvalue weighted by Gasteiger charge is 2.46. The summed E-state index contributed by atoms with van der Waals surface area (Å²) in [6.07, 6.45) is 6.59. The molecule has 22 heavy (non-hydrogen) atoms. The zero-order chi connectivity index (χ0) is 15.0. The molecule has 0 aromatic heterocycles. The Balaban J connectivity index is 0.00000176. The first kappa shape index (κ1) is 18.0. The Morgan fingerprint density at radius 1 is 1.09 bits per heavy atom. The van der Waals surface area contributed by atoms with Crippen LogP contribution in [-0.2, 0) is 14.6 Å². The predicted octanol–water partition coefficient (Wildman–Crippen LogP) is 1.35. The minimum absolute atomic E-state index is 0. The molecule has 2 N–H and O–H groups in total. The summed E-state index contributed by atoms with van der Waals surface area (Å²) in [5.74, 6) is 0.631. The number of nitrogens with two attached hydrogens (primary N) is 1. The minimum atomic E-state index is -3.01. The molecule has 2 aliphatic carbocycles. The molecule has 0 bridgehead atoms. The highest BCUT2D eigenvalue weighted by atomic mass is 35.5. The van der Waals surface area contributed by atoms with Crippen LogP contribution in [0.3, 0.4) is 0 Å². The Hall–Kier alpha value is -0.330. The summed E-state index contributed by atoms with van der Waals surface area (Å²) in [4.78, 5) is 14.8. The fraction of sp³-hybridized carbons (Fsp3) is 0.933. The molecule has 5 nitrogen and oxygen atoms in total. The molecule has 1 saturated heterocycles. The van der Waals surface area contributed by atoms with Crippen LogP contribution in [0.5, 0.6) is 0 Å². The van der Waals surface area contributed by atoms with E-state index in [0.717, 1.165) is 44.9 Å². The van der Waals surface area contributed by atoms with Gasteiger partial charge in [0.05, 0.1) is 11.0 Å². The van der Waals surface area contributed by atoms with E-state index in [1.54, 1.807) is 0 Å². The van der Waals surface area contributed by atoms with Gasteiger partial charge in [0, 0.05) is 18.5 Å². The smallest absolute Gasteiger partial charge is 0.226 e. The summed E-state index contributed by atoms with van der Waals surface area (Å²) < 4.78 is 24.5. The van der Waals surface area contributed by atoms with Gasteiger partial charge in [-0.15, -0.1) is 12.4 Å². The van der Waals surface area contributed by atoms with E-state index in [-0.39, 0.29) is 47.2 Å². The second kappa shape index (κ2) is 7.05. The van der Waals surface area contributed by atoms with E-state index in [0.29, 0.717) is 13.1 Å². The molecule has 7 heteroatoms. The number of sulfone groups is 1. The van der Waals surface area contributed by atoms with Gasteiger partial charge in [-0.05, 0) is 38.1 Å². The van der Waals surface area contributed by atoms with Gasteiger partial charge in [0.1, 0.15) is 0 Å². The molecule has 2 saturated carbocycles. The van der Waals surface area contributed by atoms with Gasteiger partial charge >= 0.3 is 0 Å². The van der Waals surface area contributed by atoms with Crippen molar-refractivity contribution in [1.82, 2.24) is 4.90 Å². The maximum Gasteiger partial charge on any atom is 0.226 e. The maximum atomic E-state index is 12.9. The number of rotatable bonds is 2. The van der Waals surface area contributed by atoms with Gasteiger partial charge < -0.3 is 10.6 Å². The van der Waals surface area contributed by atoms with Gasteiger partial charge in [-0.2, -0.15) is 0 Å². The van der Waals surface area contributed by atoms with Crippen molar-refractivity contribution in [3.63, 3.8) is 0 Å². The molecule has 1 amide bonds. The molecule has 0 spiro atoms. The quantitative estimate of drug-likeness (QED) is 0.815. The van der Waals surface area contributed by atoms with E-state index >= 15 is 0 Å². The van der Waals surface area contributed by atoms with Crippen LogP contribution in [0.15, 0.2) is 0 Å². The molecule has 128 valence electrons. The summed E-state index contributed by atoms with van der Waals surface area (Å²) >= 11 is 0. The summed E-state index contributed by atoms with van der Waals surface area (Å²) in [5.41, 5.74) is 5.80. The molecule has 4 atom stereocenters. The first-order chi connectivity index (χ1) is 10.0. The van der Waals surface area contributed by atoms with Gasteiger partial charge in [-0.1, -0.05) is 19.3 Å². The van der Waals surface area contributed by atoms with Crippen LogP contribution < -0.4 is 5.73 Å². The van der Waals surface area contributed by atoms with Crippen LogP contribution in [0.25, 0.3) is 0 Å². The number of carbonyl (C=O) groups excluding carboxylic acids is 1. The molecule has 1 heterocycles. The summed E-state index contributed by atoms with van der Waals surface area (Å²) in [7, 11) is -3.01. The average Bonchev–Trinajstić information content (AvgIpc) is 2.95. The van der Waals surface area contributed by atoms with Crippen molar-refractivity contribution in [2.45, 2.75) is 56.2 Å². The van der Waals surface area contributed by atoms with Gasteiger partial charge in [-0.3, -0.25) is 4.79 Å². The minimum Gasteiger partial charge on any atom is -0.337 e. The van der Waals surface area contributed by atoms with Crippen LogP contribution in [0.4, 0.5) is 0 Å². The number of fused-ring (bicyclic) bond motifs is 1. The molecule has 2 unspecified atom stereocenters. The lowest BCUT2D eigenvalue weighted by Crippen LogP contribution is -2.59. The zero-order valence-corrected chi connectivity index (χ0v) is 14.6. The van der Waals surface area contributed by atoms with E-state index in [1.807, 2.05) is 4.90 Å². The van der Waals surface area contributed by atoms with Crippen LogP contribution in [0, 0.1) is 11.8 Å². The average molecular weight is 351 g/mol. The van der Waals surface area contributed by atoms with Gasteiger partial charge in [0.15, 0.2) is 9.84 Å². The molecule has 3 fully saturated rings. The molecule has 3 rings (SSSR count). The molecular formula is C15H27ClN2O3S. The third kappa shape index (κ3) is 3.15. The Bertz CT molecular complexity index is 511. The Morgan fingerprint density at radius 2 is 1.82 bits per heavy atom. The van der Waals surface area contributed by atoms with Crippen molar-refractivity contribution in [3.05, 3.63) is 0 Å². The van der Waals surface area contributed by atoms with Crippen molar-refractivity contribution in [1.29, 1.82) is 0 Å². The summed E-state index contributed by atoms with van der Waals surface area (Å²) in [6, 6.07) is -0.0796. The standard InChI is InChI=1S/C15H26N2O3S.ClH/c16-10-11-4-3-5-12(11)15(18)17-8-9-21(19,20)14-7-2-1-6-13(14)17;/h11-14H,1-10,16H2;1H/t11-,12-,13?,14?;/m1./s1. The van der Waals surface area contributed by atoms with Gasteiger partial charge in [0.2, 0.25) is 5.91 Å². The van der Waals surface area contributed by atoms with Gasteiger partial charge in [-0.25, -0.2) is 8.42 Å². The lowest BCUT2D eigenvalue weighted by atomic mass is 9.90. The second-order valence-electron chi connectivity index (χ2n) is 6.82. The van der Waals surface area contributed by atoms with Crippen LogP contribution in [0.2, 0.25) is 0 Å². The zero-order valence-electron chi connectivity index (χ0n) is 12.9. The molecule has 0 aromatic carbocycles. The Morgan fingerprint density at radius 3 is 2.55 bits per heavy atom. The van der Waals surface area contributed by atoms with Crippen molar-refractivity contribution in [2.24, 2.45) is 17.6 Å². The van der Waals surface area contributed by atoms with Crippen molar-refractivity contribution >= 4 is 28.2 Å². The number of carbonyl (C=O) groups is 1. The highest BCUT2D eigenvalue weighted by molar-refractivity contribution is 7.92. The third-order valence-electron chi connectivity index (χ3n) is 5.71. The number of hydrogen-bond donors (Lipinski definition) is 1. The third-order valence-corrected chi connectivity index (χ3v) is 7.93. The van der Waals surface area contributed by atoms with E-state index in [4.69, 9.17) is 5.73 Å². The number of amides is 1. The van der Waals surface area contributed by atoms with Gasteiger partial charge in [0.25, 0.3) is 0 Å². The van der Waals surface area contributed by atoms with Crippen molar-refractivity contribution in [3.8, 4) is 0 Å². The molecular weight excluding hydrogens is 324 g/mol. The lowest BCUT2D eigenvalue weighted by molar-refractivity contribution is -0.139. The Kier molecular flexibility index (Phi) is 5.78. The van der Waals surface area contributed by atoms with Crippen LogP contribution in [0.1, 0.15) is 44.9 Å². The largest absolute Gasteiger partial charge is 0.337 e. The highest BCUT2D eigenvalue weighted by Crippen LogP contribution is 2.37. The maximum absolute atomic E-state index is 12.9. The SMILES string of the molecule is Cl.NC[C@H]1CCC[C@H]1C(=O)N1CCS(=O)(=O)C2CCCCC21. The monoisotopic (exact) mass is 350 g/mol. The summed E-state index contributed by atoms with van der Waals surface area (Å²) in [5, 5.41) is -0.318. The van der Waals surface area contributed by atoms with E-state index in [2.05, 4.69) is 0 Å². The van der Waals surface area contributed by atoms with E-state index in [9.17, 15) is 13.2 Å². The van der Waals surface area contributed by atoms with E-state index < -0.39 is 9.84 Å². The predicted molar refractivity (Wildman–Crippen MR) is 88.7 cm³/mol. The first-order valence-corrected chi connectivity index (χ1v) is 9.98. The topological polar surface area (TPSA) is 80.5 Å². The molecule has 0 radical (unpaired) electrons. The van der Waals surface area contributed by atoms with Crippen LogP contribution in [-0.4, -0.2) is 49.4 Å². The first-order valence-electron chi connectivity index (χ1n) is 8.26. The van der Waals surface area contributed by atoms with Crippen LogP contribution >= 0.6 is 12.4 Å². The fourth-order valence-corrected chi connectivity index (χ4v) is 6.57. The lowest BCUT2D eigenvalue weighted by Gasteiger charge is -2.44. The number of nitrogens with zero attached hydrogens (tertiary/aromatic N) is 1. The second-order valence-corrected chi connectivity index (χ2v) is 9.16. The molecule has 0 aromatic rings. The summed E-state index contributed by atoms with van der Waals surface area (Å²) in [6.45, 7) is 0.951. The number of hydrogen-bond acceptors (Lipinski definition) is 4. The van der Waals surface area contributed by atoms with Crippen molar-refractivity contribution in [2.75, 3.05) is 18.8 Å². The molecule has 1 aliphatic heterocycles. The Labute approximate surface area is 139 Å². The molecule has 3 aliphatic rings. The van der Waals surface area contributed by atoms with E-state index in [1.165, 1.54) is 0 Å².